The first-order chi connectivity index (χ1) is 8.15. The molecule has 92 valence electrons. The van der Waals surface area contributed by atoms with Crippen molar-refractivity contribution in [3.63, 3.8) is 0 Å². The van der Waals surface area contributed by atoms with Gasteiger partial charge < -0.3 is 10.6 Å². The number of aromatic nitrogens is 1. The van der Waals surface area contributed by atoms with Gasteiger partial charge in [0.1, 0.15) is 0 Å². The minimum Gasteiger partial charge on any atom is -0.352 e. The third-order valence-corrected chi connectivity index (χ3v) is 2.85. The van der Waals surface area contributed by atoms with Crippen LogP contribution in [0.4, 0.5) is 0 Å². The van der Waals surface area contributed by atoms with Gasteiger partial charge in [-0.2, -0.15) is 0 Å². The molecule has 0 saturated heterocycles. The Morgan fingerprint density at radius 1 is 1.53 bits per heavy atom. The number of rotatable bonds is 5. The molecule has 1 aromatic rings. The number of hydrogen-bond acceptors (Lipinski definition) is 3. The first-order valence-corrected chi connectivity index (χ1v) is 6.11. The number of amides is 1. The molecule has 0 aliphatic heterocycles. The van der Waals surface area contributed by atoms with Crippen molar-refractivity contribution in [2.75, 3.05) is 0 Å². The highest BCUT2D eigenvalue weighted by Gasteiger charge is 2.25. The molecule has 2 N–H and O–H groups in total. The van der Waals surface area contributed by atoms with Crippen LogP contribution in [0.15, 0.2) is 18.2 Å². The maximum Gasteiger partial charge on any atom is 0.237 e. The molecule has 1 atom stereocenters. The van der Waals surface area contributed by atoms with E-state index in [1.807, 2.05) is 32.0 Å². The third kappa shape index (κ3) is 3.82. The minimum absolute atomic E-state index is 0.0835. The molecule has 4 heteroatoms. The highest BCUT2D eigenvalue weighted by Crippen LogP contribution is 2.18. The predicted molar refractivity (Wildman–Crippen MR) is 66.4 cm³/mol. The van der Waals surface area contributed by atoms with Crippen LogP contribution in [-0.2, 0) is 11.3 Å². The van der Waals surface area contributed by atoms with E-state index < -0.39 is 0 Å². The summed E-state index contributed by atoms with van der Waals surface area (Å²) in [6, 6.07) is 6.16. The highest BCUT2D eigenvalue weighted by molar-refractivity contribution is 5.81. The topological polar surface area (TPSA) is 54.0 Å². The second-order valence-electron chi connectivity index (χ2n) is 4.66. The molecule has 4 nitrogen and oxygen atoms in total. The molecule has 0 aromatic carbocycles. The summed E-state index contributed by atoms with van der Waals surface area (Å²) < 4.78 is 0. The molecule has 1 heterocycles. The lowest BCUT2D eigenvalue weighted by atomic mass is 10.2. The summed E-state index contributed by atoms with van der Waals surface area (Å²) in [6.07, 6.45) is 2.25. The molecule has 0 spiro atoms. The number of carbonyl (C=O) groups excluding carboxylic acids is 1. The molecule has 17 heavy (non-hydrogen) atoms. The van der Waals surface area contributed by atoms with Crippen molar-refractivity contribution in [3.05, 3.63) is 29.6 Å². The fraction of sp³-hybridized carbons (Fsp3) is 0.538. The maximum absolute atomic E-state index is 11.7. The number of nitrogens with zero attached hydrogens (tertiary/aromatic N) is 1. The second-order valence-corrected chi connectivity index (χ2v) is 4.66. The monoisotopic (exact) mass is 233 g/mol. The Labute approximate surface area is 102 Å². The Hall–Kier alpha value is -1.42. The van der Waals surface area contributed by atoms with Crippen molar-refractivity contribution >= 4 is 5.91 Å². The third-order valence-electron chi connectivity index (χ3n) is 2.85. The Morgan fingerprint density at radius 3 is 2.94 bits per heavy atom. The fourth-order valence-corrected chi connectivity index (χ4v) is 1.60. The normalized spacial score (nSPS) is 16.6. The van der Waals surface area contributed by atoms with E-state index in [9.17, 15) is 4.79 Å². The van der Waals surface area contributed by atoms with Gasteiger partial charge in [-0.1, -0.05) is 6.07 Å². The molecule has 2 rings (SSSR count). The lowest BCUT2D eigenvalue weighted by Crippen LogP contribution is -2.42. The second kappa shape index (κ2) is 5.27. The van der Waals surface area contributed by atoms with E-state index in [0.717, 1.165) is 24.2 Å². The average molecular weight is 233 g/mol. The fourth-order valence-electron chi connectivity index (χ4n) is 1.60. The first kappa shape index (κ1) is 12.0. The van der Waals surface area contributed by atoms with Crippen molar-refractivity contribution in [3.8, 4) is 0 Å². The van der Waals surface area contributed by atoms with E-state index in [1.54, 1.807) is 0 Å². The SMILES string of the molecule is Cc1cccc(CNC(C)C(=O)NC2CC2)n1. The summed E-state index contributed by atoms with van der Waals surface area (Å²) in [4.78, 5) is 16.1. The molecular formula is C13H19N3O. The van der Waals surface area contributed by atoms with Crippen molar-refractivity contribution < 1.29 is 4.79 Å². The quantitative estimate of drug-likeness (QED) is 0.802. The summed E-state index contributed by atoms with van der Waals surface area (Å²) in [7, 11) is 0. The van der Waals surface area contributed by atoms with Gasteiger partial charge in [-0.15, -0.1) is 0 Å². The van der Waals surface area contributed by atoms with Gasteiger partial charge in [0.25, 0.3) is 0 Å². The minimum atomic E-state index is -0.169. The predicted octanol–water partition coefficient (Wildman–Crippen LogP) is 1.15. The van der Waals surface area contributed by atoms with Gasteiger partial charge in [0.05, 0.1) is 11.7 Å². The van der Waals surface area contributed by atoms with Gasteiger partial charge >= 0.3 is 0 Å². The summed E-state index contributed by atoms with van der Waals surface area (Å²) in [5.74, 6) is 0.0835. The van der Waals surface area contributed by atoms with Crippen LogP contribution in [0.25, 0.3) is 0 Å². The lowest BCUT2D eigenvalue weighted by molar-refractivity contribution is -0.122. The van der Waals surface area contributed by atoms with Crippen LogP contribution in [0.2, 0.25) is 0 Å². The standard InChI is InChI=1S/C13H19N3O/c1-9-4-3-5-12(15-9)8-14-10(2)13(17)16-11-6-7-11/h3-5,10-11,14H,6-8H2,1-2H3,(H,16,17). The van der Waals surface area contributed by atoms with Gasteiger partial charge in [0, 0.05) is 18.3 Å². The van der Waals surface area contributed by atoms with Crippen LogP contribution in [-0.4, -0.2) is 23.0 Å². The number of pyridine rings is 1. The van der Waals surface area contributed by atoms with Crippen LogP contribution in [0, 0.1) is 6.92 Å². The molecular weight excluding hydrogens is 214 g/mol. The molecule has 1 unspecified atom stereocenters. The van der Waals surface area contributed by atoms with E-state index in [1.165, 1.54) is 0 Å². The van der Waals surface area contributed by atoms with E-state index >= 15 is 0 Å². The first-order valence-electron chi connectivity index (χ1n) is 6.11. The van der Waals surface area contributed by atoms with E-state index in [2.05, 4.69) is 15.6 Å². The summed E-state index contributed by atoms with van der Waals surface area (Å²) in [5.41, 5.74) is 1.97. The van der Waals surface area contributed by atoms with Gasteiger partial charge in [-0.25, -0.2) is 0 Å². The molecule has 0 bridgehead atoms. The summed E-state index contributed by atoms with van der Waals surface area (Å²) in [6.45, 7) is 4.47. The van der Waals surface area contributed by atoms with Crippen LogP contribution in [0.3, 0.4) is 0 Å². The molecule has 1 fully saturated rings. The van der Waals surface area contributed by atoms with E-state index in [0.29, 0.717) is 12.6 Å². The van der Waals surface area contributed by atoms with Crippen molar-refractivity contribution in [2.24, 2.45) is 0 Å². The largest absolute Gasteiger partial charge is 0.352 e. The molecule has 1 aliphatic rings. The van der Waals surface area contributed by atoms with Gasteiger partial charge in [0.2, 0.25) is 5.91 Å². The Bertz CT molecular complexity index is 401. The molecule has 1 saturated carbocycles. The number of nitrogens with one attached hydrogen (secondary N) is 2. The number of hydrogen-bond donors (Lipinski definition) is 2. The lowest BCUT2D eigenvalue weighted by Gasteiger charge is -2.13. The molecule has 1 amide bonds. The van der Waals surface area contributed by atoms with Crippen LogP contribution in [0.1, 0.15) is 31.2 Å². The zero-order valence-corrected chi connectivity index (χ0v) is 10.4. The van der Waals surface area contributed by atoms with Crippen molar-refractivity contribution in [1.29, 1.82) is 0 Å². The molecule has 0 radical (unpaired) electrons. The van der Waals surface area contributed by atoms with Gasteiger partial charge in [0.15, 0.2) is 0 Å². The Kier molecular flexibility index (Phi) is 3.74. The average Bonchev–Trinajstić information content (AvgIpc) is 3.10. The zero-order valence-electron chi connectivity index (χ0n) is 10.4. The van der Waals surface area contributed by atoms with Gasteiger partial charge in [-0.05, 0) is 38.8 Å². The van der Waals surface area contributed by atoms with E-state index in [-0.39, 0.29) is 11.9 Å². The molecule has 1 aliphatic carbocycles. The highest BCUT2D eigenvalue weighted by atomic mass is 16.2. The molecule has 1 aromatic heterocycles. The number of aryl methyl sites for hydroxylation is 1. The maximum atomic E-state index is 11.7. The smallest absolute Gasteiger partial charge is 0.237 e. The van der Waals surface area contributed by atoms with Gasteiger partial charge in [-0.3, -0.25) is 9.78 Å². The van der Waals surface area contributed by atoms with Crippen molar-refractivity contribution in [1.82, 2.24) is 15.6 Å². The summed E-state index contributed by atoms with van der Waals surface area (Å²) in [5, 5.41) is 6.16. The Morgan fingerprint density at radius 2 is 2.29 bits per heavy atom. The van der Waals surface area contributed by atoms with Crippen LogP contribution < -0.4 is 10.6 Å². The van der Waals surface area contributed by atoms with Crippen LogP contribution in [0.5, 0.6) is 0 Å². The van der Waals surface area contributed by atoms with Crippen molar-refractivity contribution in [2.45, 2.75) is 45.3 Å². The number of carbonyl (C=O) groups is 1. The Balaban J connectivity index is 1.78. The summed E-state index contributed by atoms with van der Waals surface area (Å²) >= 11 is 0. The van der Waals surface area contributed by atoms with E-state index in [4.69, 9.17) is 0 Å². The van der Waals surface area contributed by atoms with Crippen LogP contribution >= 0.6 is 0 Å². The zero-order chi connectivity index (χ0) is 12.3.